The van der Waals surface area contributed by atoms with Crippen LogP contribution < -0.4 is 5.73 Å². The van der Waals surface area contributed by atoms with E-state index < -0.39 is 0 Å². The molecule has 0 aliphatic carbocycles. The molecule has 2 unspecified atom stereocenters. The van der Waals surface area contributed by atoms with E-state index in [-0.39, 0.29) is 11.9 Å². The van der Waals surface area contributed by atoms with E-state index in [2.05, 4.69) is 13.8 Å². The molecule has 0 spiro atoms. The van der Waals surface area contributed by atoms with Crippen molar-refractivity contribution in [2.75, 3.05) is 5.75 Å². The molecule has 0 fully saturated rings. The summed E-state index contributed by atoms with van der Waals surface area (Å²) in [6.45, 7) is 6.20. The van der Waals surface area contributed by atoms with Crippen molar-refractivity contribution in [3.8, 4) is 0 Å². The zero-order valence-electron chi connectivity index (χ0n) is 10.2. The molecule has 0 radical (unpaired) electrons. The Morgan fingerprint density at radius 2 is 2.06 bits per heavy atom. The number of thioether (sulfide) groups is 1. The number of rotatable bonds is 5. The van der Waals surface area contributed by atoms with Crippen LogP contribution in [-0.2, 0) is 0 Å². The van der Waals surface area contributed by atoms with Crippen molar-refractivity contribution in [2.45, 2.75) is 38.1 Å². The van der Waals surface area contributed by atoms with Crippen molar-refractivity contribution < 1.29 is 4.39 Å². The fourth-order valence-electron chi connectivity index (χ4n) is 1.43. The normalized spacial score (nSPS) is 14.8. The van der Waals surface area contributed by atoms with Crippen molar-refractivity contribution in [1.29, 1.82) is 0 Å². The van der Waals surface area contributed by atoms with E-state index in [9.17, 15) is 4.39 Å². The predicted molar refractivity (Wildman–Crippen MR) is 69.2 cm³/mol. The number of hydrogen-bond donors (Lipinski definition) is 1. The Morgan fingerprint density at radius 1 is 1.38 bits per heavy atom. The SMILES string of the molecule is CCC(C)CSc1cccc(F)c1C(C)N. The first kappa shape index (κ1) is 13.5. The van der Waals surface area contributed by atoms with Crippen LogP contribution in [0.15, 0.2) is 23.1 Å². The van der Waals surface area contributed by atoms with E-state index >= 15 is 0 Å². The Balaban J connectivity index is 2.83. The highest BCUT2D eigenvalue weighted by Crippen LogP contribution is 2.30. The maximum atomic E-state index is 13.6. The minimum Gasteiger partial charge on any atom is -0.324 e. The Labute approximate surface area is 102 Å². The van der Waals surface area contributed by atoms with Crippen LogP contribution in [-0.4, -0.2) is 5.75 Å². The summed E-state index contributed by atoms with van der Waals surface area (Å²) in [5, 5.41) is 0. The van der Waals surface area contributed by atoms with Crippen LogP contribution in [0.1, 0.15) is 38.8 Å². The fourth-order valence-corrected chi connectivity index (χ4v) is 2.75. The molecule has 0 saturated carbocycles. The summed E-state index contributed by atoms with van der Waals surface area (Å²) >= 11 is 1.70. The van der Waals surface area contributed by atoms with Gasteiger partial charge < -0.3 is 5.73 Å². The van der Waals surface area contributed by atoms with E-state index in [1.807, 2.05) is 13.0 Å². The Morgan fingerprint density at radius 3 is 2.62 bits per heavy atom. The lowest BCUT2D eigenvalue weighted by atomic mass is 10.1. The highest BCUT2D eigenvalue weighted by molar-refractivity contribution is 7.99. The van der Waals surface area contributed by atoms with Gasteiger partial charge in [0, 0.05) is 22.3 Å². The van der Waals surface area contributed by atoms with Crippen LogP contribution >= 0.6 is 11.8 Å². The maximum Gasteiger partial charge on any atom is 0.129 e. The lowest BCUT2D eigenvalue weighted by Gasteiger charge is -2.14. The molecule has 0 bridgehead atoms. The highest BCUT2D eigenvalue weighted by atomic mass is 32.2. The number of hydrogen-bond acceptors (Lipinski definition) is 2. The molecule has 0 amide bonds. The van der Waals surface area contributed by atoms with Crippen molar-refractivity contribution >= 4 is 11.8 Å². The van der Waals surface area contributed by atoms with Gasteiger partial charge in [-0.3, -0.25) is 0 Å². The molecule has 0 aromatic heterocycles. The first-order valence-electron chi connectivity index (χ1n) is 5.73. The van der Waals surface area contributed by atoms with Gasteiger partial charge in [-0.15, -0.1) is 11.8 Å². The monoisotopic (exact) mass is 241 g/mol. The molecular weight excluding hydrogens is 221 g/mol. The summed E-state index contributed by atoms with van der Waals surface area (Å²) in [5.74, 6) is 1.47. The predicted octanol–water partition coefficient (Wildman–Crippen LogP) is 3.98. The number of benzene rings is 1. The third-order valence-electron chi connectivity index (χ3n) is 2.69. The van der Waals surface area contributed by atoms with Crippen LogP contribution in [0.5, 0.6) is 0 Å². The van der Waals surface area contributed by atoms with E-state index in [0.717, 1.165) is 17.1 Å². The van der Waals surface area contributed by atoms with Gasteiger partial charge >= 0.3 is 0 Å². The topological polar surface area (TPSA) is 26.0 Å². The third-order valence-corrected chi connectivity index (χ3v) is 4.09. The molecular formula is C13H20FNS. The number of nitrogens with two attached hydrogens (primary N) is 1. The van der Waals surface area contributed by atoms with Crippen LogP contribution in [0.25, 0.3) is 0 Å². The van der Waals surface area contributed by atoms with Gasteiger partial charge in [-0.1, -0.05) is 26.3 Å². The first-order valence-corrected chi connectivity index (χ1v) is 6.71. The van der Waals surface area contributed by atoms with Gasteiger partial charge in [0.05, 0.1) is 0 Å². The lowest BCUT2D eigenvalue weighted by molar-refractivity contribution is 0.585. The summed E-state index contributed by atoms with van der Waals surface area (Å²) in [7, 11) is 0. The van der Waals surface area contributed by atoms with E-state index in [4.69, 9.17) is 5.73 Å². The molecule has 1 nitrogen and oxygen atoms in total. The summed E-state index contributed by atoms with van der Waals surface area (Å²) in [6, 6.07) is 4.93. The van der Waals surface area contributed by atoms with Gasteiger partial charge in [0.25, 0.3) is 0 Å². The minimum absolute atomic E-state index is 0.191. The van der Waals surface area contributed by atoms with Crippen LogP contribution in [0, 0.1) is 11.7 Å². The Hall–Kier alpha value is -0.540. The largest absolute Gasteiger partial charge is 0.324 e. The first-order chi connectivity index (χ1) is 7.56. The average Bonchev–Trinajstić information content (AvgIpc) is 2.25. The van der Waals surface area contributed by atoms with Crippen LogP contribution in [0.2, 0.25) is 0 Å². The zero-order valence-corrected chi connectivity index (χ0v) is 11.0. The summed E-state index contributed by atoms with van der Waals surface area (Å²) in [6.07, 6.45) is 1.15. The van der Waals surface area contributed by atoms with Gasteiger partial charge in [0.2, 0.25) is 0 Å². The third kappa shape index (κ3) is 3.49. The van der Waals surface area contributed by atoms with Crippen LogP contribution in [0.3, 0.4) is 0 Å². The molecule has 90 valence electrons. The second kappa shape index (κ2) is 6.26. The van der Waals surface area contributed by atoms with Crippen molar-refractivity contribution in [1.82, 2.24) is 0 Å². The smallest absolute Gasteiger partial charge is 0.129 e. The van der Waals surface area contributed by atoms with Crippen molar-refractivity contribution in [3.63, 3.8) is 0 Å². The fraction of sp³-hybridized carbons (Fsp3) is 0.538. The molecule has 1 rings (SSSR count). The average molecular weight is 241 g/mol. The zero-order chi connectivity index (χ0) is 12.1. The summed E-state index contributed by atoms with van der Waals surface area (Å²) in [4.78, 5) is 0.982. The molecule has 0 aliphatic heterocycles. The molecule has 3 heteroatoms. The molecule has 1 aromatic rings. The molecule has 16 heavy (non-hydrogen) atoms. The van der Waals surface area contributed by atoms with Crippen molar-refractivity contribution in [3.05, 3.63) is 29.6 Å². The van der Waals surface area contributed by atoms with Crippen molar-refractivity contribution in [2.24, 2.45) is 11.7 Å². The van der Waals surface area contributed by atoms with E-state index in [0.29, 0.717) is 11.5 Å². The Bertz CT molecular complexity index is 339. The highest BCUT2D eigenvalue weighted by Gasteiger charge is 2.13. The molecule has 0 heterocycles. The van der Waals surface area contributed by atoms with Gasteiger partial charge in [0.15, 0.2) is 0 Å². The van der Waals surface area contributed by atoms with Gasteiger partial charge in [-0.2, -0.15) is 0 Å². The van der Waals surface area contributed by atoms with E-state index in [1.165, 1.54) is 6.07 Å². The lowest BCUT2D eigenvalue weighted by Crippen LogP contribution is -2.09. The quantitative estimate of drug-likeness (QED) is 0.789. The van der Waals surface area contributed by atoms with Crippen LogP contribution in [0.4, 0.5) is 4.39 Å². The molecule has 1 aromatic carbocycles. The minimum atomic E-state index is -0.249. The molecule has 0 aliphatic rings. The second-order valence-electron chi connectivity index (χ2n) is 4.26. The van der Waals surface area contributed by atoms with Gasteiger partial charge in [-0.05, 0) is 25.0 Å². The Kier molecular flexibility index (Phi) is 5.29. The van der Waals surface area contributed by atoms with E-state index in [1.54, 1.807) is 17.8 Å². The number of halogens is 1. The maximum absolute atomic E-state index is 13.6. The molecule has 2 atom stereocenters. The van der Waals surface area contributed by atoms with Gasteiger partial charge in [-0.25, -0.2) is 4.39 Å². The standard InChI is InChI=1S/C13H20FNS/c1-4-9(2)8-16-12-7-5-6-11(14)13(12)10(3)15/h5-7,9-10H,4,8,15H2,1-3H3. The molecule has 0 saturated heterocycles. The molecule has 2 N–H and O–H groups in total. The summed E-state index contributed by atoms with van der Waals surface area (Å²) < 4.78 is 13.6. The van der Waals surface area contributed by atoms with Gasteiger partial charge in [0.1, 0.15) is 5.82 Å². The summed E-state index contributed by atoms with van der Waals surface area (Å²) in [5.41, 5.74) is 6.45. The second-order valence-corrected chi connectivity index (χ2v) is 5.33.